The largest absolute Gasteiger partial charge is 0.387 e. The number of nitrogens with two attached hydrogens (primary N) is 2. The van der Waals surface area contributed by atoms with Crippen LogP contribution >= 0.6 is 0 Å². The minimum absolute atomic E-state index is 0.00539. The van der Waals surface area contributed by atoms with Gasteiger partial charge in [0, 0.05) is 43.0 Å². The van der Waals surface area contributed by atoms with Crippen molar-refractivity contribution in [3.05, 3.63) is 125 Å². The van der Waals surface area contributed by atoms with E-state index < -0.39 is 16.1 Å². The van der Waals surface area contributed by atoms with Gasteiger partial charge < -0.3 is 26.8 Å². The molecule has 11 nitrogen and oxygen atoms in total. The molecule has 3 aromatic carbocycles. The molecule has 45 heavy (non-hydrogen) atoms. The second-order valence-electron chi connectivity index (χ2n) is 10.9. The van der Waals surface area contributed by atoms with Gasteiger partial charge in [0.1, 0.15) is 5.82 Å². The summed E-state index contributed by atoms with van der Waals surface area (Å²) in [6.45, 7) is 2.71. The number of hydrogen-bond donors (Lipinski definition) is 6. The Labute approximate surface area is 263 Å². The Hall–Kier alpha value is -4.62. The lowest BCUT2D eigenvalue weighted by Gasteiger charge is -2.18. The first-order valence-corrected chi connectivity index (χ1v) is 16.0. The molecule has 0 unspecified atom stereocenters. The Kier molecular flexibility index (Phi) is 11.4. The highest BCUT2D eigenvalue weighted by Crippen LogP contribution is 2.15. The van der Waals surface area contributed by atoms with Gasteiger partial charge in [-0.3, -0.25) is 9.59 Å². The van der Waals surface area contributed by atoms with Crippen molar-refractivity contribution in [2.75, 3.05) is 12.3 Å². The summed E-state index contributed by atoms with van der Waals surface area (Å²) in [5, 5.41) is 24.6. The van der Waals surface area contributed by atoms with E-state index in [-0.39, 0.29) is 35.7 Å². The molecule has 1 heterocycles. The monoisotopic (exact) mass is 630 g/mol. The highest BCUT2D eigenvalue weighted by Gasteiger charge is 2.15. The second kappa shape index (κ2) is 15.4. The van der Waals surface area contributed by atoms with Gasteiger partial charge in [-0.2, -0.15) is 0 Å². The van der Waals surface area contributed by atoms with Crippen molar-refractivity contribution in [2.45, 2.75) is 49.9 Å². The van der Waals surface area contributed by atoms with Crippen molar-refractivity contribution in [3.8, 4) is 0 Å². The predicted molar refractivity (Wildman–Crippen MR) is 172 cm³/mol. The molecule has 236 valence electrons. The van der Waals surface area contributed by atoms with Crippen LogP contribution in [0.3, 0.4) is 0 Å². The maximum absolute atomic E-state index is 12.7. The Morgan fingerprint density at radius 3 is 2.33 bits per heavy atom. The third-order valence-electron chi connectivity index (χ3n) is 7.18. The van der Waals surface area contributed by atoms with Crippen LogP contribution in [-0.2, 0) is 40.7 Å². The van der Waals surface area contributed by atoms with E-state index in [4.69, 9.17) is 10.9 Å². The fourth-order valence-electron chi connectivity index (χ4n) is 4.76. The van der Waals surface area contributed by atoms with Crippen molar-refractivity contribution in [1.82, 2.24) is 20.9 Å². The van der Waals surface area contributed by atoms with Crippen LogP contribution in [0.15, 0.2) is 96.0 Å². The number of aliphatic hydroxyl groups excluding tert-OH is 1. The minimum Gasteiger partial charge on any atom is -0.387 e. The molecular formula is C33H38N6O5S. The highest BCUT2D eigenvalue weighted by molar-refractivity contribution is 7.89. The number of rotatable bonds is 14. The number of sulfonamides is 1. The van der Waals surface area contributed by atoms with Crippen molar-refractivity contribution in [2.24, 2.45) is 5.14 Å². The molecule has 2 atom stereocenters. The number of aromatic nitrogens is 1. The number of benzene rings is 3. The minimum atomic E-state index is -3.91. The topological polar surface area (TPSA) is 190 Å². The summed E-state index contributed by atoms with van der Waals surface area (Å²) in [6.07, 6.45) is 1.82. The molecule has 1 aromatic heterocycles. The second-order valence-corrected chi connectivity index (χ2v) is 12.4. The van der Waals surface area contributed by atoms with Gasteiger partial charge in [-0.15, -0.1) is 0 Å². The van der Waals surface area contributed by atoms with Gasteiger partial charge in [-0.1, -0.05) is 60.7 Å². The summed E-state index contributed by atoms with van der Waals surface area (Å²) in [5.41, 5.74) is 9.89. The van der Waals surface area contributed by atoms with Crippen LogP contribution in [0.25, 0.3) is 0 Å². The summed E-state index contributed by atoms with van der Waals surface area (Å²) in [4.78, 5) is 29.3. The zero-order valence-corrected chi connectivity index (χ0v) is 25.8. The number of nitrogens with one attached hydrogen (secondary N) is 3. The molecule has 0 aliphatic heterocycles. The number of carbonyl (C=O) groups excluding carboxylic acids is 2. The fourth-order valence-corrected chi connectivity index (χ4v) is 5.54. The lowest BCUT2D eigenvalue weighted by atomic mass is 10.0. The molecule has 0 aliphatic carbocycles. The molecular weight excluding hydrogens is 592 g/mol. The lowest BCUT2D eigenvalue weighted by molar-refractivity contribution is -0.120. The molecule has 0 spiro atoms. The Morgan fingerprint density at radius 1 is 0.889 bits per heavy atom. The number of primary sulfonamides is 1. The number of hydrogen-bond acceptors (Lipinski definition) is 8. The van der Waals surface area contributed by atoms with E-state index >= 15 is 0 Å². The molecule has 0 saturated heterocycles. The zero-order chi connectivity index (χ0) is 32.4. The van der Waals surface area contributed by atoms with Crippen LogP contribution in [0, 0.1) is 0 Å². The smallest absolute Gasteiger partial charge is 0.251 e. The van der Waals surface area contributed by atoms with E-state index in [1.807, 2.05) is 31.2 Å². The van der Waals surface area contributed by atoms with E-state index in [0.29, 0.717) is 35.6 Å². The molecule has 4 rings (SSSR count). The summed E-state index contributed by atoms with van der Waals surface area (Å²) in [5.74, 6) is -0.0911. The van der Waals surface area contributed by atoms with Crippen LogP contribution in [0.1, 0.15) is 51.2 Å². The Morgan fingerprint density at radius 2 is 1.62 bits per heavy atom. The number of pyridine rings is 1. The van der Waals surface area contributed by atoms with Crippen molar-refractivity contribution in [1.29, 1.82) is 0 Å². The van der Waals surface area contributed by atoms with Gasteiger partial charge in [0.15, 0.2) is 0 Å². The molecule has 0 bridgehead atoms. The molecule has 8 N–H and O–H groups in total. The number of amides is 2. The molecule has 2 amide bonds. The number of nitrogens with zero attached hydrogens (tertiary/aromatic N) is 1. The molecule has 0 aliphatic rings. The quantitative estimate of drug-likeness (QED) is 0.122. The van der Waals surface area contributed by atoms with Gasteiger partial charge in [0.05, 0.1) is 17.4 Å². The fraction of sp³-hybridized carbons (Fsp3) is 0.242. The van der Waals surface area contributed by atoms with Crippen LogP contribution < -0.4 is 26.8 Å². The summed E-state index contributed by atoms with van der Waals surface area (Å²) < 4.78 is 23.6. The van der Waals surface area contributed by atoms with Crippen LogP contribution in [0.4, 0.5) is 5.82 Å². The van der Waals surface area contributed by atoms with E-state index in [0.717, 1.165) is 23.1 Å². The van der Waals surface area contributed by atoms with Crippen molar-refractivity contribution < 1.29 is 23.1 Å². The van der Waals surface area contributed by atoms with Crippen LogP contribution in [0.2, 0.25) is 0 Å². The first-order valence-electron chi connectivity index (χ1n) is 14.4. The van der Waals surface area contributed by atoms with Gasteiger partial charge in [-0.05, 0) is 59.9 Å². The van der Waals surface area contributed by atoms with E-state index in [9.17, 15) is 23.1 Å². The van der Waals surface area contributed by atoms with Gasteiger partial charge >= 0.3 is 0 Å². The Balaban J connectivity index is 1.21. The molecule has 12 heteroatoms. The maximum atomic E-state index is 12.7. The predicted octanol–water partition coefficient (Wildman–Crippen LogP) is 2.35. The molecule has 4 aromatic rings. The first kappa shape index (κ1) is 33.3. The average Bonchev–Trinajstić information content (AvgIpc) is 3.02. The Bertz CT molecular complexity index is 1710. The number of anilines is 1. The van der Waals surface area contributed by atoms with Gasteiger partial charge in [0.25, 0.3) is 5.91 Å². The first-order chi connectivity index (χ1) is 21.5. The average molecular weight is 631 g/mol. The lowest BCUT2D eigenvalue weighted by Crippen LogP contribution is -2.32. The van der Waals surface area contributed by atoms with E-state index in [2.05, 4.69) is 20.9 Å². The van der Waals surface area contributed by atoms with Crippen molar-refractivity contribution in [3.63, 3.8) is 0 Å². The van der Waals surface area contributed by atoms with E-state index in [1.165, 1.54) is 6.07 Å². The number of nitrogen functional groups attached to an aromatic ring is 1. The maximum Gasteiger partial charge on any atom is 0.251 e. The highest BCUT2D eigenvalue weighted by atomic mass is 32.2. The molecule has 0 saturated carbocycles. The van der Waals surface area contributed by atoms with E-state index in [1.54, 1.807) is 60.8 Å². The van der Waals surface area contributed by atoms with Gasteiger partial charge in [0.2, 0.25) is 15.9 Å². The summed E-state index contributed by atoms with van der Waals surface area (Å²) >= 11 is 0. The SMILES string of the molecule is C[C@H](Cc1cccc(CC(=O)NCc2ccc(C(=O)NCc3ccccc3S(N)(=O)=O)cc2)c1)NC[C@H](O)c1ccc(N)nc1. The van der Waals surface area contributed by atoms with Gasteiger partial charge in [-0.25, -0.2) is 18.5 Å². The molecule has 0 fully saturated rings. The number of aliphatic hydroxyl groups is 1. The van der Waals surface area contributed by atoms with Crippen LogP contribution in [-0.4, -0.2) is 42.9 Å². The third kappa shape index (κ3) is 10.2. The van der Waals surface area contributed by atoms with Crippen LogP contribution in [0.5, 0.6) is 0 Å². The number of carbonyl (C=O) groups is 2. The standard InChI is InChI=1S/C33H38N6O5S/c1-22(36-21-29(40)27-13-14-31(34)37-19-27)15-24-5-4-6-25(16-24)17-32(41)38-18-23-9-11-26(12-10-23)33(42)39-20-28-7-2-3-8-30(28)45(35,43)44/h2-14,16,19,22,29,36,40H,15,17-18,20-21H2,1H3,(H2,34,37)(H,38,41)(H,39,42)(H2,35,43,44)/t22-,29+/m1/s1. The zero-order valence-electron chi connectivity index (χ0n) is 24.9. The van der Waals surface area contributed by atoms with Crippen molar-refractivity contribution >= 4 is 27.7 Å². The normalized spacial score (nSPS) is 12.7. The molecule has 0 radical (unpaired) electrons. The summed E-state index contributed by atoms with van der Waals surface area (Å²) in [7, 11) is -3.91. The summed E-state index contributed by atoms with van der Waals surface area (Å²) in [6, 6.07) is 24.4. The third-order valence-corrected chi connectivity index (χ3v) is 8.19.